The quantitative estimate of drug-likeness (QED) is 0.357. The summed E-state index contributed by atoms with van der Waals surface area (Å²) in [6, 6.07) is 11.2. The molecule has 1 amide bonds. The molecule has 2 aromatic carbocycles. The van der Waals surface area contributed by atoms with Crippen molar-refractivity contribution < 1.29 is 23.1 Å². The number of aliphatic hydroxyl groups is 1. The molecule has 0 radical (unpaired) electrons. The molecule has 3 heterocycles. The number of ether oxygens (including phenoxy) is 1. The highest BCUT2D eigenvalue weighted by Gasteiger charge is 2.51. The largest absolute Gasteiger partial charge is 0.487 e. The number of rotatable bonds is 1. The number of likely N-dealkylation sites (tertiary alicyclic amines) is 1. The number of hydrogen-bond acceptors (Lipinski definition) is 7. The van der Waals surface area contributed by atoms with Crippen LogP contribution in [0.3, 0.4) is 0 Å². The maximum atomic E-state index is 13.5. The van der Waals surface area contributed by atoms with Crippen LogP contribution in [0.5, 0.6) is 5.75 Å². The minimum Gasteiger partial charge on any atom is -0.487 e. The number of amides is 1. The summed E-state index contributed by atoms with van der Waals surface area (Å²) in [5, 5.41) is 12.7. The van der Waals surface area contributed by atoms with Crippen molar-refractivity contribution in [2.45, 2.75) is 95.5 Å². The number of aryl methyl sites for hydroxylation is 1. The maximum absolute atomic E-state index is 13.5. The molecule has 0 unspecified atom stereocenters. The van der Waals surface area contributed by atoms with Gasteiger partial charge in [0.2, 0.25) is 10.0 Å². The second-order valence-electron chi connectivity index (χ2n) is 14.9. The van der Waals surface area contributed by atoms with Gasteiger partial charge in [-0.2, -0.15) is 0 Å². The zero-order chi connectivity index (χ0) is 33.3. The number of nitrogens with zero attached hydrogens (tertiary/aromatic N) is 2. The fraction of sp³-hybridized carbons (Fsp3) is 0.649. The van der Waals surface area contributed by atoms with E-state index in [2.05, 4.69) is 21.6 Å². The van der Waals surface area contributed by atoms with E-state index in [-0.39, 0.29) is 17.8 Å². The standard InChI is InChI=1S/C37H52ClN3O5S/c1-25-7-6-17-37(43,31-15-19-40(3)20-16-31)33-13-10-29(33)23-41-18-5-4-8-27-21-32(38)12-9-30(27)24-46-35-14-11-28(22-34(35)41)36(42)39-47(44,45)26(25)2/h9,11-12,14,21-22,25-26,29,31,33,43H,4-8,10,13,15-20,23-24H2,1-3H3,(H,39,42)/t25-,26+,29-,33+,37-/m0/s1. The van der Waals surface area contributed by atoms with Crippen LogP contribution in [0.1, 0.15) is 93.1 Å². The fourth-order valence-corrected chi connectivity index (χ4v) is 10.0. The number of anilines is 1. The Bertz CT molecular complexity index is 1540. The molecule has 0 aromatic heterocycles. The first-order chi connectivity index (χ1) is 22.4. The second-order valence-corrected chi connectivity index (χ2v) is 17.3. The Morgan fingerprint density at radius 1 is 0.957 bits per heavy atom. The van der Waals surface area contributed by atoms with Crippen LogP contribution in [0.15, 0.2) is 36.4 Å². The zero-order valence-electron chi connectivity index (χ0n) is 28.2. The summed E-state index contributed by atoms with van der Waals surface area (Å²) < 4.78 is 35.8. The molecule has 6 rings (SSSR count). The summed E-state index contributed by atoms with van der Waals surface area (Å²) in [6.45, 7) is 7.49. The highest BCUT2D eigenvalue weighted by atomic mass is 35.5. The van der Waals surface area contributed by atoms with Gasteiger partial charge in [-0.3, -0.25) is 4.79 Å². The average Bonchev–Trinajstić information content (AvgIpc) is 3.05. The van der Waals surface area contributed by atoms with Gasteiger partial charge in [-0.05, 0) is 150 Å². The molecule has 2 fully saturated rings. The predicted molar refractivity (Wildman–Crippen MR) is 188 cm³/mol. The van der Waals surface area contributed by atoms with Gasteiger partial charge in [0.15, 0.2) is 0 Å². The first-order valence-electron chi connectivity index (χ1n) is 17.7. The van der Waals surface area contributed by atoms with Crippen LogP contribution in [0.4, 0.5) is 5.69 Å². The van der Waals surface area contributed by atoms with Gasteiger partial charge in [-0.15, -0.1) is 0 Å². The molecule has 1 saturated heterocycles. The normalized spacial score (nSPS) is 31.3. The van der Waals surface area contributed by atoms with Crippen molar-refractivity contribution in [1.82, 2.24) is 9.62 Å². The SMILES string of the molecule is C[C@@H]1[C@@H](C)CCC[C@](O)(C2CCN(C)CC2)[C@@H]2CC[C@H]2CN2CCCCc3cc(Cl)ccc3COc3ccc(cc32)C(=O)NS1(=O)=O. The molecule has 3 aliphatic heterocycles. The molecular weight excluding hydrogens is 634 g/mol. The zero-order valence-corrected chi connectivity index (χ0v) is 29.8. The van der Waals surface area contributed by atoms with E-state index in [0.29, 0.717) is 41.7 Å². The van der Waals surface area contributed by atoms with Gasteiger partial charge in [0.1, 0.15) is 12.4 Å². The van der Waals surface area contributed by atoms with Crippen molar-refractivity contribution in [1.29, 1.82) is 0 Å². The lowest BCUT2D eigenvalue weighted by atomic mass is 9.58. The molecule has 2 N–H and O–H groups in total. The number of fused-ring (bicyclic) bond motifs is 3. The highest BCUT2D eigenvalue weighted by Crippen LogP contribution is 2.51. The fourth-order valence-electron chi connectivity index (χ4n) is 8.54. The summed E-state index contributed by atoms with van der Waals surface area (Å²) in [6.07, 6.45) is 8.94. The monoisotopic (exact) mass is 685 g/mol. The Balaban J connectivity index is 1.39. The molecule has 0 spiro atoms. The number of sulfonamides is 1. The number of benzene rings is 2. The lowest BCUT2D eigenvalue weighted by molar-refractivity contribution is -0.138. The molecule has 8 nitrogen and oxygen atoms in total. The van der Waals surface area contributed by atoms with Crippen molar-refractivity contribution in [3.63, 3.8) is 0 Å². The molecule has 1 saturated carbocycles. The van der Waals surface area contributed by atoms with Gasteiger partial charge in [-0.1, -0.05) is 31.0 Å². The summed E-state index contributed by atoms with van der Waals surface area (Å²) >= 11 is 6.37. The molecule has 2 bridgehead atoms. The average molecular weight is 686 g/mol. The Hall–Kier alpha value is -2.33. The number of hydrogen-bond donors (Lipinski definition) is 2. The van der Waals surface area contributed by atoms with Gasteiger partial charge in [0, 0.05) is 23.7 Å². The van der Waals surface area contributed by atoms with Gasteiger partial charge < -0.3 is 19.6 Å². The summed E-state index contributed by atoms with van der Waals surface area (Å²) in [5.41, 5.74) is 2.58. The Morgan fingerprint density at radius 2 is 1.74 bits per heavy atom. The van der Waals surface area contributed by atoms with Crippen LogP contribution in [0.25, 0.3) is 0 Å². The number of carbonyl (C=O) groups is 1. The van der Waals surface area contributed by atoms with E-state index in [1.54, 1.807) is 25.1 Å². The third-order valence-corrected chi connectivity index (χ3v) is 14.1. The molecule has 2 aromatic rings. The van der Waals surface area contributed by atoms with Crippen LogP contribution in [-0.4, -0.2) is 68.4 Å². The maximum Gasteiger partial charge on any atom is 0.264 e. The minimum absolute atomic E-state index is 0.166. The lowest BCUT2D eigenvalue weighted by Crippen LogP contribution is -2.56. The lowest BCUT2D eigenvalue weighted by Gasteiger charge is -2.53. The second kappa shape index (κ2) is 14.3. The number of piperidine rings is 1. The molecule has 1 aliphatic carbocycles. The summed E-state index contributed by atoms with van der Waals surface area (Å²) in [4.78, 5) is 18.2. The Labute approximate surface area is 286 Å². The van der Waals surface area contributed by atoms with Gasteiger partial charge in [-0.25, -0.2) is 13.1 Å². The van der Waals surface area contributed by atoms with Crippen molar-refractivity contribution in [2.24, 2.45) is 23.7 Å². The van der Waals surface area contributed by atoms with Crippen molar-refractivity contribution in [2.75, 3.05) is 38.1 Å². The van der Waals surface area contributed by atoms with Gasteiger partial charge >= 0.3 is 0 Å². The smallest absolute Gasteiger partial charge is 0.264 e. The summed E-state index contributed by atoms with van der Waals surface area (Å²) in [5.74, 6) is 0.608. The number of halogens is 1. The van der Waals surface area contributed by atoms with Crippen molar-refractivity contribution >= 4 is 33.2 Å². The van der Waals surface area contributed by atoms with Crippen LogP contribution in [0.2, 0.25) is 5.02 Å². The van der Waals surface area contributed by atoms with E-state index in [0.717, 1.165) is 88.8 Å². The first kappa shape index (κ1) is 34.5. The van der Waals surface area contributed by atoms with Gasteiger partial charge in [0.05, 0.1) is 16.5 Å². The third-order valence-electron chi connectivity index (χ3n) is 11.9. The molecule has 5 atom stereocenters. The molecule has 4 aliphatic rings. The van der Waals surface area contributed by atoms with E-state index in [1.807, 2.05) is 25.1 Å². The van der Waals surface area contributed by atoms with Gasteiger partial charge in [0.25, 0.3) is 5.91 Å². The summed E-state index contributed by atoms with van der Waals surface area (Å²) in [7, 11) is -1.77. The number of carbonyl (C=O) groups excluding carboxylic acids is 1. The van der Waals surface area contributed by atoms with E-state index in [1.165, 1.54) is 5.56 Å². The Morgan fingerprint density at radius 3 is 2.49 bits per heavy atom. The molecule has 10 heteroatoms. The highest BCUT2D eigenvalue weighted by molar-refractivity contribution is 7.90. The molecule has 47 heavy (non-hydrogen) atoms. The van der Waals surface area contributed by atoms with E-state index < -0.39 is 26.8 Å². The minimum atomic E-state index is -3.92. The van der Waals surface area contributed by atoms with Crippen LogP contribution in [0, 0.1) is 23.7 Å². The van der Waals surface area contributed by atoms with E-state index in [9.17, 15) is 18.3 Å². The third kappa shape index (κ3) is 7.48. The van der Waals surface area contributed by atoms with E-state index >= 15 is 0 Å². The van der Waals surface area contributed by atoms with Crippen LogP contribution < -0.4 is 14.4 Å². The first-order valence-corrected chi connectivity index (χ1v) is 19.6. The molecular formula is C37H52ClN3O5S. The number of nitrogens with one attached hydrogen (secondary N) is 1. The van der Waals surface area contributed by atoms with Crippen molar-refractivity contribution in [3.8, 4) is 5.75 Å². The topological polar surface area (TPSA) is 99.2 Å². The van der Waals surface area contributed by atoms with Crippen LogP contribution in [-0.2, 0) is 23.1 Å². The van der Waals surface area contributed by atoms with Crippen LogP contribution >= 0.6 is 11.6 Å². The predicted octanol–water partition coefficient (Wildman–Crippen LogP) is 6.43. The van der Waals surface area contributed by atoms with Crippen molar-refractivity contribution in [3.05, 3.63) is 58.1 Å². The molecule has 258 valence electrons. The van der Waals surface area contributed by atoms with E-state index in [4.69, 9.17) is 16.3 Å². The Kier molecular flexibility index (Phi) is 10.5.